The van der Waals surface area contributed by atoms with Gasteiger partial charge in [0.05, 0.1) is 11.8 Å². The average molecular weight is 278 g/mol. The first-order chi connectivity index (χ1) is 9.61. The molecular formula is C16H22O4. The molecular weight excluding hydrogens is 256 g/mol. The molecule has 0 radical (unpaired) electrons. The lowest BCUT2D eigenvalue weighted by atomic mass is 9.57. The molecule has 0 aromatic carbocycles. The highest BCUT2D eigenvalue weighted by molar-refractivity contribution is 5.82. The van der Waals surface area contributed by atoms with Crippen LogP contribution >= 0.6 is 0 Å². The van der Waals surface area contributed by atoms with E-state index in [0.717, 1.165) is 51.4 Å². The normalized spacial score (nSPS) is 37.0. The fourth-order valence-corrected chi connectivity index (χ4v) is 4.82. The first-order valence-electron chi connectivity index (χ1n) is 7.78. The van der Waals surface area contributed by atoms with Gasteiger partial charge in [-0.25, -0.2) is 0 Å². The Labute approximate surface area is 118 Å². The zero-order chi connectivity index (χ0) is 14.3. The first kappa shape index (κ1) is 13.7. The van der Waals surface area contributed by atoms with Gasteiger partial charge < -0.3 is 10.2 Å². The van der Waals surface area contributed by atoms with Crippen molar-refractivity contribution < 1.29 is 19.8 Å². The third-order valence-corrected chi connectivity index (χ3v) is 5.55. The summed E-state index contributed by atoms with van der Waals surface area (Å²) in [5, 5.41) is 19.2. The SMILES string of the molecule is O=C(O)[C@H]1[C@H](C(=O)O)[C@H]2CCCCC2=C2CCCC[C@H]21. The van der Waals surface area contributed by atoms with Crippen LogP contribution in [0.2, 0.25) is 0 Å². The fourth-order valence-electron chi connectivity index (χ4n) is 4.82. The van der Waals surface area contributed by atoms with E-state index in [1.807, 2.05) is 0 Å². The van der Waals surface area contributed by atoms with E-state index >= 15 is 0 Å². The maximum Gasteiger partial charge on any atom is 0.308 e. The predicted molar refractivity (Wildman–Crippen MR) is 73.2 cm³/mol. The van der Waals surface area contributed by atoms with Gasteiger partial charge in [-0.1, -0.05) is 24.0 Å². The summed E-state index contributed by atoms with van der Waals surface area (Å²) < 4.78 is 0. The van der Waals surface area contributed by atoms with Crippen molar-refractivity contribution in [3.63, 3.8) is 0 Å². The van der Waals surface area contributed by atoms with Crippen LogP contribution in [0.3, 0.4) is 0 Å². The number of aliphatic carboxylic acids is 2. The molecule has 3 aliphatic carbocycles. The maximum absolute atomic E-state index is 11.7. The molecule has 0 aromatic heterocycles. The lowest BCUT2D eigenvalue weighted by Crippen LogP contribution is -2.46. The molecule has 2 saturated carbocycles. The lowest BCUT2D eigenvalue weighted by Gasteiger charge is -2.46. The van der Waals surface area contributed by atoms with Crippen LogP contribution in [0.4, 0.5) is 0 Å². The van der Waals surface area contributed by atoms with Crippen LogP contribution in [-0.2, 0) is 9.59 Å². The minimum Gasteiger partial charge on any atom is -0.481 e. The van der Waals surface area contributed by atoms with Crippen molar-refractivity contribution in [2.75, 3.05) is 0 Å². The molecule has 0 spiro atoms. The summed E-state index contributed by atoms with van der Waals surface area (Å²) >= 11 is 0. The fraction of sp³-hybridized carbons (Fsp3) is 0.750. The summed E-state index contributed by atoms with van der Waals surface area (Å²) in [7, 11) is 0. The summed E-state index contributed by atoms with van der Waals surface area (Å²) in [6, 6.07) is 0. The summed E-state index contributed by atoms with van der Waals surface area (Å²) in [6.07, 6.45) is 8.01. The van der Waals surface area contributed by atoms with Crippen molar-refractivity contribution in [2.24, 2.45) is 23.7 Å². The van der Waals surface area contributed by atoms with Crippen molar-refractivity contribution in [1.82, 2.24) is 0 Å². The van der Waals surface area contributed by atoms with E-state index in [2.05, 4.69) is 0 Å². The van der Waals surface area contributed by atoms with E-state index in [1.165, 1.54) is 11.1 Å². The second kappa shape index (κ2) is 5.23. The lowest BCUT2D eigenvalue weighted by molar-refractivity contribution is -0.159. The molecule has 3 rings (SSSR count). The third-order valence-electron chi connectivity index (χ3n) is 5.55. The number of carboxylic acids is 2. The van der Waals surface area contributed by atoms with E-state index in [9.17, 15) is 19.8 Å². The Balaban J connectivity index is 2.09. The number of rotatable bonds is 2. The Morgan fingerprint density at radius 1 is 0.750 bits per heavy atom. The third kappa shape index (κ3) is 2.05. The number of fused-ring (bicyclic) bond motifs is 2. The Bertz CT molecular complexity index is 423. The second-order valence-electron chi connectivity index (χ2n) is 6.48. The van der Waals surface area contributed by atoms with E-state index in [0.29, 0.717) is 0 Å². The van der Waals surface area contributed by atoms with Crippen LogP contribution < -0.4 is 0 Å². The Morgan fingerprint density at radius 2 is 1.15 bits per heavy atom. The van der Waals surface area contributed by atoms with Crippen LogP contribution in [0, 0.1) is 23.7 Å². The first-order valence-corrected chi connectivity index (χ1v) is 7.78. The molecule has 0 aromatic rings. The van der Waals surface area contributed by atoms with Gasteiger partial charge in [-0.15, -0.1) is 0 Å². The molecule has 0 aliphatic heterocycles. The number of hydrogen-bond donors (Lipinski definition) is 2. The van der Waals surface area contributed by atoms with Crippen molar-refractivity contribution in [3.8, 4) is 0 Å². The van der Waals surface area contributed by atoms with Gasteiger partial charge in [-0.2, -0.15) is 0 Å². The number of allylic oxidation sites excluding steroid dienone is 2. The van der Waals surface area contributed by atoms with E-state index in [4.69, 9.17) is 0 Å². The summed E-state index contributed by atoms with van der Waals surface area (Å²) in [6.45, 7) is 0. The Hall–Kier alpha value is -1.32. The summed E-state index contributed by atoms with van der Waals surface area (Å²) in [4.78, 5) is 23.4. The largest absolute Gasteiger partial charge is 0.481 e. The molecule has 2 fully saturated rings. The second-order valence-corrected chi connectivity index (χ2v) is 6.48. The number of carboxylic acid groups (broad SMARTS) is 2. The molecule has 110 valence electrons. The highest BCUT2D eigenvalue weighted by Crippen LogP contribution is 2.52. The van der Waals surface area contributed by atoms with Gasteiger partial charge >= 0.3 is 11.9 Å². The minimum atomic E-state index is -0.911. The van der Waals surface area contributed by atoms with Gasteiger partial charge in [-0.3, -0.25) is 9.59 Å². The monoisotopic (exact) mass is 278 g/mol. The Morgan fingerprint density at radius 3 is 1.50 bits per heavy atom. The van der Waals surface area contributed by atoms with E-state index in [1.54, 1.807) is 0 Å². The van der Waals surface area contributed by atoms with Gasteiger partial charge in [0.2, 0.25) is 0 Å². The molecule has 4 atom stereocenters. The van der Waals surface area contributed by atoms with Crippen molar-refractivity contribution in [1.29, 1.82) is 0 Å². The summed E-state index contributed by atoms with van der Waals surface area (Å²) in [5.41, 5.74) is 2.65. The van der Waals surface area contributed by atoms with E-state index < -0.39 is 23.8 Å². The van der Waals surface area contributed by atoms with Crippen molar-refractivity contribution in [3.05, 3.63) is 11.1 Å². The van der Waals surface area contributed by atoms with Gasteiger partial charge in [0.15, 0.2) is 0 Å². The standard InChI is InChI=1S/C16H22O4/c17-15(18)13-11-7-3-1-5-9(11)10-6-2-4-8-12(10)14(13)16(19)20/h11-14H,1-8H2,(H,17,18)(H,19,20)/t11-,12+,13-,14-/m1/s1. The van der Waals surface area contributed by atoms with Gasteiger partial charge in [0.1, 0.15) is 0 Å². The predicted octanol–water partition coefficient (Wildman–Crippen LogP) is 3.08. The van der Waals surface area contributed by atoms with Crippen LogP contribution in [0.25, 0.3) is 0 Å². The zero-order valence-electron chi connectivity index (χ0n) is 11.7. The molecule has 20 heavy (non-hydrogen) atoms. The molecule has 0 saturated heterocycles. The molecule has 2 N–H and O–H groups in total. The molecule has 3 aliphatic rings. The number of carbonyl (C=O) groups is 2. The topological polar surface area (TPSA) is 74.6 Å². The zero-order valence-corrected chi connectivity index (χ0v) is 11.7. The van der Waals surface area contributed by atoms with Crippen LogP contribution in [0.1, 0.15) is 51.4 Å². The molecule has 0 unspecified atom stereocenters. The molecule has 0 bridgehead atoms. The minimum absolute atomic E-state index is 0.0216. The van der Waals surface area contributed by atoms with Gasteiger partial charge in [-0.05, 0) is 50.4 Å². The van der Waals surface area contributed by atoms with Gasteiger partial charge in [0.25, 0.3) is 0 Å². The van der Waals surface area contributed by atoms with Gasteiger partial charge in [0, 0.05) is 0 Å². The van der Waals surface area contributed by atoms with Crippen molar-refractivity contribution >= 4 is 11.9 Å². The summed E-state index contributed by atoms with van der Waals surface area (Å²) in [5.74, 6) is -3.29. The highest BCUT2D eigenvalue weighted by Gasteiger charge is 2.51. The van der Waals surface area contributed by atoms with Crippen LogP contribution in [0.5, 0.6) is 0 Å². The number of hydrogen-bond acceptors (Lipinski definition) is 2. The Kier molecular flexibility index (Phi) is 3.57. The van der Waals surface area contributed by atoms with Crippen LogP contribution in [0.15, 0.2) is 11.1 Å². The molecule has 0 amide bonds. The maximum atomic E-state index is 11.7. The quantitative estimate of drug-likeness (QED) is 0.761. The van der Waals surface area contributed by atoms with Crippen LogP contribution in [-0.4, -0.2) is 22.2 Å². The average Bonchev–Trinajstić information content (AvgIpc) is 2.45. The highest BCUT2D eigenvalue weighted by atomic mass is 16.4. The van der Waals surface area contributed by atoms with E-state index in [-0.39, 0.29) is 11.8 Å². The molecule has 4 heteroatoms. The smallest absolute Gasteiger partial charge is 0.308 e. The molecule has 4 nitrogen and oxygen atoms in total. The van der Waals surface area contributed by atoms with Crippen molar-refractivity contribution in [2.45, 2.75) is 51.4 Å². The molecule has 0 heterocycles.